The number of ether oxygens (including phenoxy) is 1. The van der Waals surface area contributed by atoms with Gasteiger partial charge in [0.1, 0.15) is 5.75 Å². The van der Waals surface area contributed by atoms with Crippen molar-refractivity contribution in [3.63, 3.8) is 0 Å². The minimum Gasteiger partial charge on any atom is -0.495 e. The lowest BCUT2D eigenvalue weighted by atomic mass is 10.0. The number of benzene rings is 1. The lowest BCUT2D eigenvalue weighted by Crippen LogP contribution is -2.20. The van der Waals surface area contributed by atoms with Crippen molar-refractivity contribution in [2.45, 2.75) is 12.3 Å². The molecule has 0 saturated heterocycles. The average molecular weight is 268 g/mol. The first-order valence-corrected chi connectivity index (χ1v) is 5.68. The third-order valence-corrected chi connectivity index (χ3v) is 3.55. The van der Waals surface area contributed by atoms with E-state index in [2.05, 4.69) is 27.3 Å². The van der Waals surface area contributed by atoms with Gasteiger partial charge in [0, 0.05) is 10.4 Å². The zero-order valence-corrected chi connectivity index (χ0v) is 9.80. The number of anilines is 1. The lowest BCUT2D eigenvalue weighted by Gasteiger charge is -2.19. The van der Waals surface area contributed by atoms with E-state index in [1.807, 2.05) is 6.07 Å². The van der Waals surface area contributed by atoms with Crippen LogP contribution >= 0.6 is 15.9 Å². The van der Waals surface area contributed by atoms with Crippen molar-refractivity contribution < 1.29 is 9.53 Å². The van der Waals surface area contributed by atoms with Gasteiger partial charge in [-0.1, -0.05) is 15.9 Å². The topological polar surface area (TPSA) is 38.3 Å². The van der Waals surface area contributed by atoms with Crippen LogP contribution in [0.15, 0.2) is 16.6 Å². The second-order valence-electron chi connectivity index (χ2n) is 4.01. The molecule has 2 unspecified atom stereocenters. The largest absolute Gasteiger partial charge is 0.495 e. The number of nitrogens with one attached hydrogen (secondary N) is 1. The van der Waals surface area contributed by atoms with Gasteiger partial charge < -0.3 is 10.1 Å². The molecule has 15 heavy (non-hydrogen) atoms. The molecule has 1 aliphatic heterocycles. The van der Waals surface area contributed by atoms with Crippen LogP contribution in [0.4, 0.5) is 5.69 Å². The maximum absolute atomic E-state index is 11.6. The van der Waals surface area contributed by atoms with Crippen molar-refractivity contribution in [3.05, 3.63) is 22.2 Å². The summed E-state index contributed by atoms with van der Waals surface area (Å²) in [7, 11) is 1.62. The highest BCUT2D eigenvalue weighted by atomic mass is 79.9. The average Bonchev–Trinajstić information content (AvgIpc) is 2.99. The highest BCUT2D eigenvalue weighted by molar-refractivity contribution is 9.10. The van der Waals surface area contributed by atoms with Gasteiger partial charge in [0.2, 0.25) is 5.91 Å². The Balaban J connectivity index is 2.18. The Morgan fingerprint density at radius 3 is 3.00 bits per heavy atom. The Hall–Kier alpha value is -1.03. The number of rotatable bonds is 1. The van der Waals surface area contributed by atoms with Crippen LogP contribution in [0.5, 0.6) is 5.75 Å². The van der Waals surface area contributed by atoms with Gasteiger partial charge in [-0.2, -0.15) is 0 Å². The van der Waals surface area contributed by atoms with Crippen LogP contribution in [-0.4, -0.2) is 13.0 Å². The molecule has 1 amide bonds. The molecule has 1 heterocycles. The van der Waals surface area contributed by atoms with Crippen molar-refractivity contribution in [3.8, 4) is 5.75 Å². The molecule has 3 rings (SSSR count). The fourth-order valence-corrected chi connectivity index (χ4v) is 2.69. The fourth-order valence-electron chi connectivity index (χ4n) is 2.23. The Labute approximate surface area is 95.9 Å². The van der Waals surface area contributed by atoms with E-state index in [-0.39, 0.29) is 11.8 Å². The van der Waals surface area contributed by atoms with Gasteiger partial charge in [-0.05, 0) is 30.0 Å². The maximum atomic E-state index is 11.6. The van der Waals surface area contributed by atoms with Crippen LogP contribution in [0.3, 0.4) is 0 Å². The Bertz CT molecular complexity index is 458. The van der Waals surface area contributed by atoms with Gasteiger partial charge in [-0.15, -0.1) is 0 Å². The van der Waals surface area contributed by atoms with Crippen LogP contribution < -0.4 is 10.1 Å². The Morgan fingerprint density at radius 2 is 2.27 bits per heavy atom. The van der Waals surface area contributed by atoms with Crippen molar-refractivity contribution in [1.29, 1.82) is 0 Å². The number of carbonyl (C=O) groups excluding carboxylic acids is 1. The summed E-state index contributed by atoms with van der Waals surface area (Å²) in [5, 5.41) is 2.91. The van der Waals surface area contributed by atoms with Gasteiger partial charge in [-0.25, -0.2) is 0 Å². The minimum absolute atomic E-state index is 0.133. The number of methoxy groups -OCH3 is 1. The van der Waals surface area contributed by atoms with E-state index in [4.69, 9.17) is 4.74 Å². The van der Waals surface area contributed by atoms with E-state index < -0.39 is 0 Å². The molecule has 1 fully saturated rings. The molecule has 2 atom stereocenters. The normalized spacial score (nSPS) is 26.4. The van der Waals surface area contributed by atoms with Crippen molar-refractivity contribution in [2.75, 3.05) is 12.4 Å². The number of halogens is 1. The second-order valence-corrected chi connectivity index (χ2v) is 4.93. The highest BCUT2D eigenvalue weighted by Crippen LogP contribution is 2.55. The van der Waals surface area contributed by atoms with Gasteiger partial charge in [-0.3, -0.25) is 4.79 Å². The molecule has 0 bridgehead atoms. The van der Waals surface area contributed by atoms with Crippen LogP contribution in [0.25, 0.3) is 0 Å². The molecular formula is C11H10BrNO2. The van der Waals surface area contributed by atoms with Crippen molar-refractivity contribution >= 4 is 27.5 Å². The standard InChI is InChI=1S/C11H10BrNO2/c1-15-9-3-5(12)2-7-6-4-8(6)11(14)13-10(7)9/h2-3,6,8H,4H2,1H3,(H,13,14). The molecular weight excluding hydrogens is 258 g/mol. The first-order valence-electron chi connectivity index (χ1n) is 4.89. The zero-order valence-electron chi connectivity index (χ0n) is 8.21. The monoisotopic (exact) mass is 267 g/mol. The summed E-state index contributed by atoms with van der Waals surface area (Å²) in [6.07, 6.45) is 0.971. The smallest absolute Gasteiger partial charge is 0.228 e. The number of fused-ring (bicyclic) bond motifs is 3. The summed E-state index contributed by atoms with van der Waals surface area (Å²) in [5.41, 5.74) is 2.05. The molecule has 1 N–H and O–H groups in total. The molecule has 1 aromatic carbocycles. The van der Waals surface area contributed by atoms with Gasteiger partial charge in [0.25, 0.3) is 0 Å². The van der Waals surface area contributed by atoms with Crippen LogP contribution in [0, 0.1) is 5.92 Å². The first-order chi connectivity index (χ1) is 7.20. The Kier molecular flexibility index (Phi) is 1.83. The summed E-state index contributed by atoms with van der Waals surface area (Å²) in [6, 6.07) is 3.95. The van der Waals surface area contributed by atoms with Gasteiger partial charge >= 0.3 is 0 Å². The quantitative estimate of drug-likeness (QED) is 0.849. The van der Waals surface area contributed by atoms with Crippen molar-refractivity contribution in [2.24, 2.45) is 5.92 Å². The number of amides is 1. The summed E-state index contributed by atoms with van der Waals surface area (Å²) in [4.78, 5) is 11.6. The van der Waals surface area contributed by atoms with E-state index in [1.165, 1.54) is 5.56 Å². The number of hydrogen-bond acceptors (Lipinski definition) is 2. The molecule has 1 saturated carbocycles. The first kappa shape index (κ1) is 9.21. The van der Waals surface area contributed by atoms with Crippen molar-refractivity contribution in [1.82, 2.24) is 0 Å². The van der Waals surface area contributed by atoms with E-state index in [0.29, 0.717) is 5.92 Å². The number of hydrogen-bond donors (Lipinski definition) is 1. The highest BCUT2D eigenvalue weighted by Gasteiger charge is 2.49. The molecule has 0 aromatic heterocycles. The van der Waals surface area contributed by atoms with E-state index >= 15 is 0 Å². The SMILES string of the molecule is COc1cc(Br)cc2c1NC(=O)C1CC21. The van der Waals surface area contributed by atoms with Gasteiger partial charge in [0.05, 0.1) is 12.8 Å². The molecule has 1 aliphatic carbocycles. The zero-order chi connectivity index (χ0) is 10.6. The van der Waals surface area contributed by atoms with Gasteiger partial charge in [0.15, 0.2) is 0 Å². The van der Waals surface area contributed by atoms with Crippen LogP contribution in [0.2, 0.25) is 0 Å². The fraction of sp³-hybridized carbons (Fsp3) is 0.364. The molecule has 0 radical (unpaired) electrons. The third-order valence-electron chi connectivity index (χ3n) is 3.09. The van der Waals surface area contributed by atoms with E-state index in [0.717, 1.165) is 22.3 Å². The molecule has 3 nitrogen and oxygen atoms in total. The lowest BCUT2D eigenvalue weighted by molar-refractivity contribution is -0.117. The molecule has 1 aromatic rings. The number of carbonyl (C=O) groups is 1. The van der Waals surface area contributed by atoms with E-state index in [9.17, 15) is 4.79 Å². The van der Waals surface area contributed by atoms with E-state index in [1.54, 1.807) is 7.11 Å². The summed E-state index contributed by atoms with van der Waals surface area (Å²) in [5.74, 6) is 1.46. The summed E-state index contributed by atoms with van der Waals surface area (Å²) >= 11 is 3.45. The summed E-state index contributed by atoms with van der Waals surface area (Å²) < 4.78 is 6.26. The third kappa shape index (κ3) is 1.28. The van der Waals surface area contributed by atoms with Crippen LogP contribution in [-0.2, 0) is 4.79 Å². The maximum Gasteiger partial charge on any atom is 0.228 e. The second kappa shape index (κ2) is 2.98. The Morgan fingerprint density at radius 1 is 1.47 bits per heavy atom. The molecule has 2 aliphatic rings. The molecule has 0 spiro atoms. The molecule has 78 valence electrons. The predicted molar refractivity (Wildman–Crippen MR) is 60.2 cm³/mol. The minimum atomic E-state index is 0.133. The van der Waals surface area contributed by atoms with Crippen LogP contribution in [0.1, 0.15) is 17.9 Å². The summed E-state index contributed by atoms with van der Waals surface area (Å²) in [6.45, 7) is 0. The predicted octanol–water partition coefficient (Wildman–Crippen LogP) is 2.51. The molecule has 4 heteroatoms.